The number of aryl methyl sites for hydroxylation is 1. The van der Waals surface area contributed by atoms with Gasteiger partial charge in [-0.15, -0.1) is 0 Å². The number of nitrogens with one attached hydrogen (secondary N) is 1. The fourth-order valence-electron chi connectivity index (χ4n) is 4.82. The Labute approximate surface area is 186 Å². The summed E-state index contributed by atoms with van der Waals surface area (Å²) in [5.41, 5.74) is 8.24. The Morgan fingerprint density at radius 1 is 1.03 bits per heavy atom. The van der Waals surface area contributed by atoms with Gasteiger partial charge in [-0.2, -0.15) is 5.10 Å². The number of hydrogen-bond donors (Lipinski definition) is 2. The van der Waals surface area contributed by atoms with E-state index in [0.29, 0.717) is 34.3 Å². The topological polar surface area (TPSA) is 86.6 Å². The molecule has 1 aliphatic rings. The van der Waals surface area contributed by atoms with Crippen LogP contribution in [0.15, 0.2) is 65.7 Å². The van der Waals surface area contributed by atoms with E-state index in [9.17, 15) is 13.6 Å². The minimum atomic E-state index is -0.472. The molecule has 0 aliphatic heterocycles. The number of H-pyrrole nitrogens is 1. The van der Waals surface area contributed by atoms with Gasteiger partial charge in [-0.3, -0.25) is 0 Å². The molecule has 0 saturated heterocycles. The largest absolute Gasteiger partial charge is 0.350 e. The molecule has 0 fully saturated rings. The summed E-state index contributed by atoms with van der Waals surface area (Å²) in [6.07, 6.45) is 8.29. The van der Waals surface area contributed by atoms with Gasteiger partial charge in [-0.25, -0.2) is 23.2 Å². The number of allylic oxidation sites excluding steroid dienone is 1. The quantitative estimate of drug-likeness (QED) is 0.414. The molecule has 33 heavy (non-hydrogen) atoms. The highest BCUT2D eigenvalue weighted by molar-refractivity contribution is 5.96. The van der Waals surface area contributed by atoms with Gasteiger partial charge in [-0.05, 0) is 42.8 Å². The number of nitrogens with two attached hydrogens (primary N) is 1. The summed E-state index contributed by atoms with van der Waals surface area (Å²) in [6, 6.07) is 8.92. The summed E-state index contributed by atoms with van der Waals surface area (Å²) in [5, 5.41) is 7.95. The molecule has 2 atom stereocenters. The molecule has 2 aromatic carbocycles. The molecule has 0 bridgehead atoms. The molecule has 3 N–H and O–H groups in total. The predicted molar refractivity (Wildman–Crippen MR) is 122 cm³/mol. The fraction of sp³-hybridized carbons (Fsp3) is 0.167. The molecule has 166 valence electrons. The molecule has 3 aromatic heterocycles. The van der Waals surface area contributed by atoms with Crippen molar-refractivity contribution < 1.29 is 8.78 Å². The molecule has 6 rings (SSSR count). The highest BCUT2D eigenvalue weighted by atomic mass is 19.1. The Bertz CT molecular complexity index is 1640. The van der Waals surface area contributed by atoms with Gasteiger partial charge in [0.1, 0.15) is 11.6 Å². The van der Waals surface area contributed by atoms with E-state index in [1.165, 1.54) is 28.8 Å². The Kier molecular flexibility index (Phi) is 4.18. The summed E-state index contributed by atoms with van der Waals surface area (Å²) < 4.78 is 33.6. The highest BCUT2D eigenvalue weighted by Gasteiger charge is 2.24. The van der Waals surface area contributed by atoms with Gasteiger partial charge < -0.3 is 14.9 Å². The zero-order valence-corrected chi connectivity index (χ0v) is 17.7. The minimum absolute atomic E-state index is 0.0144. The first-order chi connectivity index (χ1) is 15.9. The van der Waals surface area contributed by atoms with Crippen molar-refractivity contribution >= 4 is 21.8 Å². The lowest BCUT2D eigenvalue weighted by Gasteiger charge is -2.13. The van der Waals surface area contributed by atoms with Gasteiger partial charge in [0.05, 0.1) is 17.2 Å². The molecule has 9 heteroatoms. The molecule has 1 aliphatic carbocycles. The van der Waals surface area contributed by atoms with Crippen molar-refractivity contribution in [3.05, 3.63) is 83.1 Å². The normalized spacial score (nSPS) is 18.2. The summed E-state index contributed by atoms with van der Waals surface area (Å²) in [6.45, 7) is 0. The number of aromatic amines is 1. The second-order valence-electron chi connectivity index (χ2n) is 8.44. The number of benzene rings is 2. The maximum atomic E-state index is 14.3. The molecule has 0 radical (unpaired) electrons. The average Bonchev–Trinajstić information content (AvgIpc) is 3.53. The van der Waals surface area contributed by atoms with E-state index < -0.39 is 11.5 Å². The Morgan fingerprint density at radius 3 is 2.48 bits per heavy atom. The first-order valence-electron chi connectivity index (χ1n) is 10.6. The number of halogens is 2. The summed E-state index contributed by atoms with van der Waals surface area (Å²) >= 11 is 0. The van der Waals surface area contributed by atoms with Crippen LogP contribution < -0.4 is 11.4 Å². The van der Waals surface area contributed by atoms with Crippen LogP contribution >= 0.6 is 0 Å². The van der Waals surface area contributed by atoms with Crippen LogP contribution in [-0.4, -0.2) is 29.9 Å². The van der Waals surface area contributed by atoms with E-state index >= 15 is 0 Å². The first-order valence-corrected chi connectivity index (χ1v) is 10.6. The lowest BCUT2D eigenvalue weighted by molar-refractivity contribution is 0.575. The Hall–Kier alpha value is -3.98. The summed E-state index contributed by atoms with van der Waals surface area (Å²) in [7, 11) is 1.84. The number of nitrogens with zero attached hydrogens (tertiary/aromatic N) is 4. The van der Waals surface area contributed by atoms with Crippen molar-refractivity contribution in [2.45, 2.75) is 18.5 Å². The third-order valence-electron chi connectivity index (χ3n) is 6.33. The van der Waals surface area contributed by atoms with Gasteiger partial charge in [0, 0.05) is 47.3 Å². The minimum Gasteiger partial charge on any atom is -0.350 e. The monoisotopic (exact) mass is 446 g/mol. The fourth-order valence-corrected chi connectivity index (χ4v) is 4.82. The van der Waals surface area contributed by atoms with E-state index in [4.69, 9.17) is 5.73 Å². The second-order valence-corrected chi connectivity index (χ2v) is 8.44. The zero-order valence-electron chi connectivity index (χ0n) is 17.7. The van der Waals surface area contributed by atoms with Crippen LogP contribution in [0.4, 0.5) is 8.78 Å². The molecule has 0 amide bonds. The first kappa shape index (κ1) is 19.7. The van der Waals surface area contributed by atoms with Gasteiger partial charge >= 0.3 is 5.69 Å². The van der Waals surface area contributed by atoms with Crippen molar-refractivity contribution in [3.8, 4) is 17.1 Å². The summed E-state index contributed by atoms with van der Waals surface area (Å²) in [5.74, 6) is -0.480. The Balaban J connectivity index is 1.63. The van der Waals surface area contributed by atoms with Gasteiger partial charge in [0.25, 0.3) is 0 Å². The maximum Gasteiger partial charge on any atom is 0.348 e. The van der Waals surface area contributed by atoms with E-state index in [1.807, 2.05) is 34.5 Å². The molecule has 0 saturated carbocycles. The Morgan fingerprint density at radius 2 is 1.76 bits per heavy atom. The standard InChI is InChI=1S/C24H20F2N6O/c1-30-11-19(17-8-13(25)2-6-20(17)30)23-28-29-24(33)32(23)22-12-31(16-5-4-15(27)10-16)21-7-3-14(26)9-18(21)22/h2-9,11-12,15-16H,10,27H2,1H3,(H,29,33). The number of fused-ring (bicyclic) bond motifs is 2. The molecule has 0 spiro atoms. The molecule has 2 unspecified atom stereocenters. The van der Waals surface area contributed by atoms with Crippen molar-refractivity contribution in [1.29, 1.82) is 0 Å². The zero-order chi connectivity index (χ0) is 22.9. The third-order valence-corrected chi connectivity index (χ3v) is 6.33. The van der Waals surface area contributed by atoms with Crippen LogP contribution in [0.3, 0.4) is 0 Å². The van der Waals surface area contributed by atoms with Crippen molar-refractivity contribution in [3.63, 3.8) is 0 Å². The van der Waals surface area contributed by atoms with E-state index in [2.05, 4.69) is 10.2 Å². The summed E-state index contributed by atoms with van der Waals surface area (Å²) in [4.78, 5) is 13.0. The third kappa shape index (κ3) is 2.96. The SMILES string of the molecule is Cn1cc(-c2n[nH]c(=O)n2-c2cn(C3C=CC(N)C3)c3ccc(F)cc23)c2cc(F)ccc21. The molecule has 7 nitrogen and oxygen atoms in total. The van der Waals surface area contributed by atoms with Crippen LogP contribution in [0.2, 0.25) is 0 Å². The van der Waals surface area contributed by atoms with Crippen molar-refractivity contribution in [2.24, 2.45) is 12.8 Å². The van der Waals surface area contributed by atoms with Crippen LogP contribution in [0.25, 0.3) is 38.9 Å². The predicted octanol–water partition coefficient (Wildman–Crippen LogP) is 3.78. The van der Waals surface area contributed by atoms with Gasteiger partial charge in [0.15, 0.2) is 5.82 Å². The van der Waals surface area contributed by atoms with E-state index in [1.54, 1.807) is 18.3 Å². The highest BCUT2D eigenvalue weighted by Crippen LogP contribution is 2.35. The van der Waals surface area contributed by atoms with Crippen molar-refractivity contribution in [2.75, 3.05) is 0 Å². The number of rotatable bonds is 3. The van der Waals surface area contributed by atoms with Gasteiger partial charge in [0.2, 0.25) is 0 Å². The van der Waals surface area contributed by atoms with Crippen molar-refractivity contribution in [1.82, 2.24) is 23.9 Å². The second kappa shape index (κ2) is 7.01. The molecule has 3 heterocycles. The van der Waals surface area contributed by atoms with Crippen LogP contribution in [0.1, 0.15) is 12.5 Å². The number of hydrogen-bond acceptors (Lipinski definition) is 3. The van der Waals surface area contributed by atoms with Crippen LogP contribution in [-0.2, 0) is 7.05 Å². The number of aromatic nitrogens is 5. The van der Waals surface area contributed by atoms with Gasteiger partial charge in [-0.1, -0.05) is 12.2 Å². The molecular formula is C24H20F2N6O. The lowest BCUT2D eigenvalue weighted by Crippen LogP contribution is -2.17. The average molecular weight is 446 g/mol. The van der Waals surface area contributed by atoms with Crippen LogP contribution in [0, 0.1) is 11.6 Å². The maximum absolute atomic E-state index is 14.3. The molecule has 5 aromatic rings. The lowest BCUT2D eigenvalue weighted by atomic mass is 10.1. The van der Waals surface area contributed by atoms with E-state index in [-0.39, 0.29) is 17.9 Å². The van der Waals surface area contributed by atoms with Crippen LogP contribution in [0.5, 0.6) is 0 Å². The smallest absolute Gasteiger partial charge is 0.348 e. The van der Waals surface area contributed by atoms with E-state index in [0.717, 1.165) is 11.0 Å². The molecular weight excluding hydrogens is 426 g/mol.